The molecule has 1 aromatic heterocycles. The summed E-state index contributed by atoms with van der Waals surface area (Å²) in [5.74, 6) is 0.423. The Morgan fingerprint density at radius 1 is 1.28 bits per heavy atom. The van der Waals surface area contributed by atoms with E-state index in [0.717, 1.165) is 42.5 Å². The lowest BCUT2D eigenvalue weighted by atomic mass is 10.2. The molecule has 0 atom stereocenters. The Kier molecular flexibility index (Phi) is 11.9. The van der Waals surface area contributed by atoms with Crippen molar-refractivity contribution in [3.63, 3.8) is 0 Å². The zero-order valence-corrected chi connectivity index (χ0v) is 19.4. The zero-order valence-electron chi connectivity index (χ0n) is 18.6. The zero-order chi connectivity index (χ0) is 23.1. The van der Waals surface area contributed by atoms with Crippen LogP contribution in [0.3, 0.4) is 0 Å². The van der Waals surface area contributed by atoms with Crippen molar-refractivity contribution in [2.45, 2.75) is 25.7 Å². The van der Waals surface area contributed by atoms with Gasteiger partial charge in [-0.3, -0.25) is 25.0 Å². The summed E-state index contributed by atoms with van der Waals surface area (Å²) in [7, 11) is -1.98. The topological polar surface area (TPSA) is 132 Å². The monoisotopic (exact) mass is 467 g/mol. The Bertz CT molecular complexity index is 824. The van der Waals surface area contributed by atoms with Gasteiger partial charge in [0.05, 0.1) is 25.6 Å². The second-order valence-electron chi connectivity index (χ2n) is 7.26. The van der Waals surface area contributed by atoms with Gasteiger partial charge in [-0.15, -0.1) is 0 Å². The fraction of sp³-hybridized carbons (Fsp3) is 0.650. The van der Waals surface area contributed by atoms with Crippen molar-refractivity contribution >= 4 is 21.7 Å². The average molecular weight is 468 g/mol. The van der Waals surface area contributed by atoms with E-state index in [2.05, 4.69) is 25.5 Å². The summed E-state index contributed by atoms with van der Waals surface area (Å²) in [6.45, 7) is 4.64. The third kappa shape index (κ3) is 10.3. The van der Waals surface area contributed by atoms with E-state index >= 15 is 0 Å². The largest absolute Gasteiger partial charge is 0.379 e. The van der Waals surface area contributed by atoms with Crippen molar-refractivity contribution < 1.29 is 18.0 Å². The lowest BCUT2D eigenvalue weighted by Gasteiger charge is -2.27. The Labute approximate surface area is 190 Å². The van der Waals surface area contributed by atoms with Crippen LogP contribution >= 0.6 is 0 Å². The van der Waals surface area contributed by atoms with Gasteiger partial charge in [0.1, 0.15) is 0 Å². The summed E-state index contributed by atoms with van der Waals surface area (Å²) in [6, 6.07) is 3.55. The molecule has 2 heterocycles. The number of nitrogens with zero attached hydrogens (tertiary/aromatic N) is 5. The summed E-state index contributed by atoms with van der Waals surface area (Å²) < 4.78 is 30.9. The third-order valence-corrected chi connectivity index (χ3v) is 6.57. The lowest BCUT2D eigenvalue weighted by Crippen LogP contribution is -2.40. The van der Waals surface area contributed by atoms with E-state index in [1.54, 1.807) is 24.5 Å². The van der Waals surface area contributed by atoms with Crippen LogP contribution in [0, 0.1) is 11.5 Å². The molecule has 12 heteroatoms. The highest BCUT2D eigenvalue weighted by Crippen LogP contribution is 2.08. The van der Waals surface area contributed by atoms with Crippen LogP contribution in [0.15, 0.2) is 29.5 Å². The summed E-state index contributed by atoms with van der Waals surface area (Å²) in [5.41, 5.74) is 0.781. The van der Waals surface area contributed by atoms with Crippen molar-refractivity contribution in [1.82, 2.24) is 19.7 Å². The third-order valence-electron chi connectivity index (χ3n) is 4.87. The molecular formula is C20H33N7O4S. The summed E-state index contributed by atoms with van der Waals surface area (Å²) in [4.78, 5) is 15.9. The number of unbranched alkanes of at least 4 members (excludes halogenated alkanes) is 3. The van der Waals surface area contributed by atoms with Crippen LogP contribution in [-0.4, -0.2) is 87.5 Å². The predicted molar refractivity (Wildman–Crippen MR) is 122 cm³/mol. The van der Waals surface area contributed by atoms with Gasteiger partial charge in [0.2, 0.25) is 16.0 Å². The van der Waals surface area contributed by atoms with Crippen LogP contribution in [0.25, 0.3) is 0 Å². The van der Waals surface area contributed by atoms with E-state index in [1.807, 2.05) is 6.19 Å². The number of nitrogens with one attached hydrogen (secondary N) is 2. The highest BCUT2D eigenvalue weighted by Gasteiger charge is 2.19. The number of nitriles is 1. The molecule has 0 spiro atoms. The Morgan fingerprint density at radius 2 is 2.00 bits per heavy atom. The second kappa shape index (κ2) is 14.7. The maximum Gasteiger partial charge on any atom is 0.235 e. The van der Waals surface area contributed by atoms with Gasteiger partial charge in [0, 0.05) is 51.3 Å². The number of pyridine rings is 1. The van der Waals surface area contributed by atoms with Crippen LogP contribution in [0.4, 0.5) is 5.69 Å². The average Bonchev–Trinajstić information content (AvgIpc) is 2.79. The molecule has 1 aliphatic heterocycles. The summed E-state index contributed by atoms with van der Waals surface area (Å²) in [5, 5.41) is 14.4. The molecule has 0 saturated carbocycles. The van der Waals surface area contributed by atoms with Gasteiger partial charge in [0.25, 0.3) is 0 Å². The molecule has 32 heavy (non-hydrogen) atoms. The van der Waals surface area contributed by atoms with Crippen LogP contribution in [-0.2, 0) is 19.6 Å². The molecule has 0 bridgehead atoms. The number of rotatable bonds is 13. The van der Waals surface area contributed by atoms with Crippen LogP contribution < -0.4 is 10.6 Å². The van der Waals surface area contributed by atoms with Gasteiger partial charge in [-0.05, 0) is 25.0 Å². The Hall–Kier alpha value is -2.30. The number of sulfonamides is 1. The molecule has 0 unspecified atom stereocenters. The molecule has 0 aliphatic carbocycles. The fourth-order valence-corrected chi connectivity index (χ4v) is 4.07. The highest BCUT2D eigenvalue weighted by atomic mass is 32.2. The molecule has 1 saturated heterocycles. The molecule has 178 valence electrons. The number of hydrogen-bond donors (Lipinski definition) is 2. The molecular weight excluding hydrogens is 434 g/mol. The highest BCUT2D eigenvalue weighted by molar-refractivity contribution is 7.88. The summed E-state index contributed by atoms with van der Waals surface area (Å²) >= 11 is 0. The molecule has 11 nitrogen and oxygen atoms in total. The van der Waals surface area contributed by atoms with Crippen LogP contribution in [0.2, 0.25) is 0 Å². The number of morpholine rings is 1. The van der Waals surface area contributed by atoms with Gasteiger partial charge in [-0.2, -0.15) is 5.26 Å². The number of ether oxygens (including phenoxy) is 1. The maximum absolute atomic E-state index is 12.3. The number of aliphatic imine (C=N–C) groups is 1. The van der Waals surface area contributed by atoms with E-state index in [1.165, 1.54) is 7.05 Å². The molecule has 0 radical (unpaired) electrons. The van der Waals surface area contributed by atoms with E-state index in [-0.39, 0.29) is 5.75 Å². The predicted octanol–water partition coefficient (Wildman–Crippen LogP) is 1.01. The van der Waals surface area contributed by atoms with Crippen molar-refractivity contribution in [2.24, 2.45) is 4.99 Å². The number of anilines is 1. The second-order valence-corrected chi connectivity index (χ2v) is 9.34. The van der Waals surface area contributed by atoms with Crippen molar-refractivity contribution in [3.05, 3.63) is 24.5 Å². The Balaban J connectivity index is 1.58. The van der Waals surface area contributed by atoms with Crippen LogP contribution in [0.5, 0.6) is 0 Å². The minimum atomic E-state index is -3.43. The number of hydroxylamine groups is 1. The summed E-state index contributed by atoms with van der Waals surface area (Å²) in [6.07, 6.45) is 8.12. The quantitative estimate of drug-likeness (QED) is 0.109. The molecule has 1 fully saturated rings. The van der Waals surface area contributed by atoms with E-state index in [4.69, 9.17) is 14.8 Å². The molecule has 2 rings (SSSR count). The molecule has 1 aliphatic rings. The van der Waals surface area contributed by atoms with Gasteiger partial charge in [-0.25, -0.2) is 8.42 Å². The smallest absolute Gasteiger partial charge is 0.235 e. The first-order valence-electron chi connectivity index (χ1n) is 10.8. The van der Waals surface area contributed by atoms with E-state index < -0.39 is 10.0 Å². The van der Waals surface area contributed by atoms with Gasteiger partial charge in [0.15, 0.2) is 6.19 Å². The molecule has 2 N–H and O–H groups in total. The van der Waals surface area contributed by atoms with Crippen molar-refractivity contribution in [2.75, 3.05) is 64.1 Å². The fourth-order valence-electron chi connectivity index (χ4n) is 3.01. The lowest BCUT2D eigenvalue weighted by molar-refractivity contribution is -0.0777. The van der Waals surface area contributed by atoms with Crippen molar-refractivity contribution in [3.8, 4) is 6.19 Å². The van der Waals surface area contributed by atoms with E-state index in [0.29, 0.717) is 45.3 Å². The molecule has 0 aromatic carbocycles. The first kappa shape index (κ1) is 26.0. The normalized spacial score (nSPS) is 15.5. The maximum atomic E-state index is 12.3. The van der Waals surface area contributed by atoms with Gasteiger partial charge in [-0.1, -0.05) is 17.3 Å². The molecule has 0 amide bonds. The SMILES string of the molecule is CN(OCCN1CCOCC1)S(=O)(=O)CCCCCCN=C(NC#N)Nc1ccncc1. The Morgan fingerprint density at radius 3 is 2.72 bits per heavy atom. The number of aromatic nitrogens is 1. The minimum absolute atomic E-state index is 0.0508. The number of guanidine groups is 1. The van der Waals surface area contributed by atoms with Gasteiger partial charge < -0.3 is 10.1 Å². The van der Waals surface area contributed by atoms with Crippen molar-refractivity contribution in [1.29, 1.82) is 5.26 Å². The minimum Gasteiger partial charge on any atom is -0.379 e. The number of hydrogen-bond acceptors (Lipinski definition) is 8. The van der Waals surface area contributed by atoms with Crippen LogP contribution in [0.1, 0.15) is 25.7 Å². The van der Waals surface area contributed by atoms with Gasteiger partial charge >= 0.3 is 0 Å². The van der Waals surface area contributed by atoms with E-state index in [9.17, 15) is 8.42 Å². The molecule has 1 aromatic rings. The standard InChI is InChI=1S/C20H33N7O4S/c1-26(31-16-13-27-11-14-30-15-12-27)32(28,29)17-5-3-2-4-8-23-20(24-18-21)25-19-6-9-22-10-7-19/h6-7,9-10H,2-5,8,11-17H2,1H3,(H2,22,23,24,25). The first-order valence-corrected chi connectivity index (χ1v) is 12.4. The first-order chi connectivity index (χ1) is 15.5.